The Morgan fingerprint density at radius 1 is 1.11 bits per heavy atom. The minimum atomic E-state index is -0.239. The van der Waals surface area contributed by atoms with Gasteiger partial charge in [-0.2, -0.15) is 10.1 Å². The molecule has 1 fully saturated rings. The second-order valence-electron chi connectivity index (χ2n) is 7.95. The van der Waals surface area contributed by atoms with Crippen LogP contribution in [0.2, 0.25) is 5.02 Å². The molecule has 4 aromatic rings. The van der Waals surface area contributed by atoms with Gasteiger partial charge in [0, 0.05) is 49.4 Å². The molecule has 0 radical (unpaired) electrons. The third-order valence-electron chi connectivity index (χ3n) is 5.65. The number of ether oxygens (including phenoxy) is 2. The van der Waals surface area contributed by atoms with Crippen molar-refractivity contribution in [1.82, 2.24) is 20.5 Å². The molecule has 5 rings (SSSR count). The Bertz CT molecular complexity index is 1350. The molecule has 0 amide bonds. The lowest BCUT2D eigenvalue weighted by atomic mass is 10.2. The van der Waals surface area contributed by atoms with Crippen molar-refractivity contribution < 1.29 is 14.6 Å². The molecule has 2 aromatic carbocycles. The van der Waals surface area contributed by atoms with E-state index in [1.807, 2.05) is 37.3 Å². The van der Waals surface area contributed by atoms with Crippen molar-refractivity contribution in [3.8, 4) is 23.3 Å². The number of aromatic hydroxyl groups is 1. The summed E-state index contributed by atoms with van der Waals surface area (Å²) in [5, 5.41) is 26.3. The number of piperazine rings is 1. The quantitative estimate of drug-likeness (QED) is 0.337. The van der Waals surface area contributed by atoms with Crippen molar-refractivity contribution >= 4 is 39.6 Å². The zero-order chi connectivity index (χ0) is 24.2. The first-order valence-corrected chi connectivity index (χ1v) is 11.8. The van der Waals surface area contributed by atoms with E-state index in [2.05, 4.69) is 30.7 Å². The molecule has 3 N–H and O–H groups in total. The van der Waals surface area contributed by atoms with E-state index in [1.165, 1.54) is 6.20 Å². The average Bonchev–Trinajstić information content (AvgIpc) is 2.87. The van der Waals surface area contributed by atoms with Crippen molar-refractivity contribution in [3.05, 3.63) is 59.8 Å². The summed E-state index contributed by atoms with van der Waals surface area (Å²) in [5.74, 6) is 1.55. The van der Waals surface area contributed by atoms with Gasteiger partial charge in [-0.05, 0) is 31.2 Å². The first-order chi connectivity index (χ1) is 17.1. The van der Waals surface area contributed by atoms with Crippen LogP contribution in [-0.4, -0.2) is 53.1 Å². The van der Waals surface area contributed by atoms with Crippen LogP contribution in [0, 0.1) is 0 Å². The van der Waals surface area contributed by atoms with E-state index in [0.29, 0.717) is 45.4 Å². The average molecular weight is 493 g/mol. The van der Waals surface area contributed by atoms with E-state index in [9.17, 15) is 5.11 Å². The molecule has 10 heteroatoms. The Balaban J connectivity index is 1.54. The molecular formula is C25H25ClN6O3. The Morgan fingerprint density at radius 3 is 2.74 bits per heavy atom. The summed E-state index contributed by atoms with van der Waals surface area (Å²) in [4.78, 5) is 6.93. The predicted octanol–water partition coefficient (Wildman–Crippen LogP) is 4.73. The van der Waals surface area contributed by atoms with E-state index in [1.54, 1.807) is 18.2 Å². The number of rotatable bonds is 7. The molecule has 9 nitrogen and oxygen atoms in total. The number of para-hydroxylation sites is 1. The minimum absolute atomic E-state index is 0.239. The van der Waals surface area contributed by atoms with Crippen molar-refractivity contribution in [1.29, 1.82) is 0 Å². The molecule has 0 spiro atoms. The van der Waals surface area contributed by atoms with Gasteiger partial charge in [-0.25, -0.2) is 0 Å². The molecule has 3 heterocycles. The van der Waals surface area contributed by atoms with Crippen LogP contribution in [0.3, 0.4) is 0 Å². The molecule has 1 aliphatic heterocycles. The van der Waals surface area contributed by atoms with Gasteiger partial charge in [-0.3, -0.25) is 0 Å². The van der Waals surface area contributed by atoms with Crippen LogP contribution in [0.5, 0.6) is 23.3 Å². The molecule has 0 saturated carbocycles. The van der Waals surface area contributed by atoms with Gasteiger partial charge in [-0.15, -0.1) is 5.10 Å². The number of halogens is 1. The van der Waals surface area contributed by atoms with Gasteiger partial charge in [-0.1, -0.05) is 23.7 Å². The minimum Gasteiger partial charge on any atom is -0.492 e. The van der Waals surface area contributed by atoms with E-state index in [0.717, 1.165) is 31.9 Å². The monoisotopic (exact) mass is 492 g/mol. The van der Waals surface area contributed by atoms with Crippen LogP contribution >= 0.6 is 11.6 Å². The van der Waals surface area contributed by atoms with E-state index in [4.69, 9.17) is 21.1 Å². The first-order valence-electron chi connectivity index (χ1n) is 11.4. The van der Waals surface area contributed by atoms with Crippen LogP contribution in [0.1, 0.15) is 6.92 Å². The Labute approximate surface area is 207 Å². The Morgan fingerprint density at radius 2 is 1.94 bits per heavy atom. The molecule has 0 aliphatic carbocycles. The maximum Gasteiger partial charge on any atom is 0.242 e. The lowest BCUT2D eigenvalue weighted by Crippen LogP contribution is -2.43. The largest absolute Gasteiger partial charge is 0.492 e. The Kier molecular flexibility index (Phi) is 6.69. The van der Waals surface area contributed by atoms with E-state index in [-0.39, 0.29) is 11.8 Å². The molecule has 1 saturated heterocycles. The number of hydrogen-bond acceptors (Lipinski definition) is 9. The number of hydrogen-bond donors (Lipinski definition) is 3. The molecular weight excluding hydrogens is 468 g/mol. The van der Waals surface area contributed by atoms with Gasteiger partial charge >= 0.3 is 0 Å². The lowest BCUT2D eigenvalue weighted by molar-refractivity contribution is 0.342. The van der Waals surface area contributed by atoms with Gasteiger partial charge < -0.3 is 30.1 Å². The van der Waals surface area contributed by atoms with Crippen LogP contribution in [0.25, 0.3) is 10.8 Å². The number of anilines is 3. The third kappa shape index (κ3) is 5.01. The zero-order valence-corrected chi connectivity index (χ0v) is 19.9. The van der Waals surface area contributed by atoms with Gasteiger partial charge in [0.2, 0.25) is 11.8 Å². The summed E-state index contributed by atoms with van der Waals surface area (Å²) < 4.78 is 11.9. The van der Waals surface area contributed by atoms with Crippen LogP contribution in [0.4, 0.5) is 17.2 Å². The van der Waals surface area contributed by atoms with Gasteiger partial charge in [0.05, 0.1) is 28.9 Å². The Hall–Kier alpha value is -3.82. The smallest absolute Gasteiger partial charge is 0.242 e. The second kappa shape index (κ2) is 10.2. The van der Waals surface area contributed by atoms with Gasteiger partial charge in [0.25, 0.3) is 0 Å². The number of nitrogens with one attached hydrogen (secondary N) is 2. The van der Waals surface area contributed by atoms with E-state index < -0.39 is 0 Å². The van der Waals surface area contributed by atoms with Crippen molar-refractivity contribution in [2.75, 3.05) is 43.0 Å². The fourth-order valence-electron chi connectivity index (χ4n) is 3.99. The number of nitrogens with zero attached hydrogens (tertiary/aromatic N) is 4. The summed E-state index contributed by atoms with van der Waals surface area (Å²) >= 11 is 6.27. The molecule has 0 bridgehead atoms. The number of fused-ring (bicyclic) bond motifs is 1. The van der Waals surface area contributed by atoms with Crippen LogP contribution in [-0.2, 0) is 0 Å². The number of benzene rings is 2. The van der Waals surface area contributed by atoms with Crippen LogP contribution in [0.15, 0.2) is 54.7 Å². The van der Waals surface area contributed by atoms with Crippen LogP contribution < -0.4 is 25.0 Å². The van der Waals surface area contributed by atoms with Gasteiger partial charge in [0.15, 0.2) is 0 Å². The molecule has 2 aromatic heterocycles. The normalized spacial score (nSPS) is 13.6. The predicted molar refractivity (Wildman–Crippen MR) is 137 cm³/mol. The zero-order valence-electron chi connectivity index (χ0n) is 19.2. The number of aromatic nitrogens is 3. The van der Waals surface area contributed by atoms with Crippen molar-refractivity contribution in [2.45, 2.75) is 6.92 Å². The SMILES string of the molecule is CCOc1cc(N2CCNCC2)ccc1Nc1nc(Oc2ccccc2Cl)cc2cnnc(O)c12. The summed E-state index contributed by atoms with van der Waals surface area (Å²) in [6.45, 7) is 6.18. The lowest BCUT2D eigenvalue weighted by Gasteiger charge is -2.30. The standard InChI is InChI=1S/C25H25ClN6O3/c1-2-34-21-14-17(32-11-9-27-10-12-32)7-8-19(21)29-24-23-16(15-28-31-25(23)33)13-22(30-24)35-20-6-4-3-5-18(20)26/h3-8,13-15,27H,2,9-12H2,1H3,(H,29,30)(H,31,33). The van der Waals surface area contributed by atoms with Gasteiger partial charge in [0.1, 0.15) is 17.3 Å². The molecule has 0 atom stereocenters. The molecule has 180 valence electrons. The second-order valence-corrected chi connectivity index (χ2v) is 8.36. The summed E-state index contributed by atoms with van der Waals surface area (Å²) in [6, 6.07) is 14.8. The fraction of sp³-hybridized carbons (Fsp3) is 0.240. The molecule has 0 unspecified atom stereocenters. The number of pyridine rings is 1. The van der Waals surface area contributed by atoms with Crippen molar-refractivity contribution in [2.24, 2.45) is 0 Å². The summed E-state index contributed by atoms with van der Waals surface area (Å²) in [5.41, 5.74) is 1.79. The maximum atomic E-state index is 10.5. The molecule has 1 aliphatic rings. The highest BCUT2D eigenvalue weighted by atomic mass is 35.5. The highest BCUT2D eigenvalue weighted by Crippen LogP contribution is 2.38. The van der Waals surface area contributed by atoms with E-state index >= 15 is 0 Å². The fourth-order valence-corrected chi connectivity index (χ4v) is 4.17. The highest BCUT2D eigenvalue weighted by Gasteiger charge is 2.18. The summed E-state index contributed by atoms with van der Waals surface area (Å²) in [7, 11) is 0. The first kappa shape index (κ1) is 22.9. The topological polar surface area (TPSA) is 105 Å². The van der Waals surface area contributed by atoms with Crippen molar-refractivity contribution in [3.63, 3.8) is 0 Å². The third-order valence-corrected chi connectivity index (χ3v) is 5.96. The molecule has 35 heavy (non-hydrogen) atoms. The highest BCUT2D eigenvalue weighted by molar-refractivity contribution is 6.32. The maximum absolute atomic E-state index is 10.5. The summed E-state index contributed by atoms with van der Waals surface area (Å²) in [6.07, 6.45) is 1.54.